The summed E-state index contributed by atoms with van der Waals surface area (Å²) in [5.74, 6) is -1.32. The van der Waals surface area contributed by atoms with Crippen molar-refractivity contribution in [3.8, 4) is 11.3 Å². The summed E-state index contributed by atoms with van der Waals surface area (Å²) in [5, 5.41) is 10.3. The van der Waals surface area contributed by atoms with Crippen molar-refractivity contribution in [2.75, 3.05) is 19.8 Å². The highest BCUT2D eigenvalue weighted by Gasteiger charge is 2.20. The van der Waals surface area contributed by atoms with Crippen LogP contribution in [0.3, 0.4) is 0 Å². The quantitative estimate of drug-likeness (QED) is 0.642. The Kier molecular flexibility index (Phi) is 4.80. The number of carbonyl (C=O) groups is 1. The van der Waals surface area contributed by atoms with Gasteiger partial charge in [0.25, 0.3) is 5.56 Å². The number of aromatic carboxylic acids is 1. The zero-order valence-corrected chi connectivity index (χ0v) is 16.0. The molecule has 0 spiro atoms. The second-order valence-electron chi connectivity index (χ2n) is 6.96. The minimum absolute atomic E-state index is 0.0326. The fourth-order valence-corrected chi connectivity index (χ4v) is 3.52. The minimum atomic E-state index is -1.32. The molecule has 0 bridgehead atoms. The van der Waals surface area contributed by atoms with Crippen molar-refractivity contribution < 1.29 is 9.90 Å². The van der Waals surface area contributed by atoms with Gasteiger partial charge in [0, 0.05) is 35.8 Å². The maximum atomic E-state index is 12.3. The van der Waals surface area contributed by atoms with Crippen molar-refractivity contribution >= 4 is 22.6 Å². The van der Waals surface area contributed by atoms with E-state index in [1.165, 1.54) is 5.69 Å². The lowest BCUT2D eigenvalue weighted by molar-refractivity contribution is 0.0696. The van der Waals surface area contributed by atoms with Gasteiger partial charge in [0.2, 0.25) is 0 Å². The smallest absolute Gasteiger partial charge is 0.343 e. The SMILES string of the molecule is CCc1c(-c2ccc3c(c2)cc(CN(C)C)n3C)[nH]c(=O)c(C(=O)O)c1N. The number of aryl methyl sites for hydroxylation is 1. The molecule has 3 rings (SSSR count). The summed E-state index contributed by atoms with van der Waals surface area (Å²) in [5.41, 5.74) is 9.25. The van der Waals surface area contributed by atoms with Gasteiger partial charge < -0.3 is 25.3 Å². The Balaban J connectivity index is 2.21. The molecule has 0 fully saturated rings. The number of nitrogens with one attached hydrogen (secondary N) is 1. The molecule has 7 heteroatoms. The summed E-state index contributed by atoms with van der Waals surface area (Å²) in [7, 11) is 6.07. The van der Waals surface area contributed by atoms with Gasteiger partial charge in [-0.15, -0.1) is 0 Å². The van der Waals surface area contributed by atoms with Gasteiger partial charge in [-0.3, -0.25) is 4.79 Å². The highest BCUT2D eigenvalue weighted by molar-refractivity contribution is 5.96. The Morgan fingerprint density at radius 1 is 1.30 bits per heavy atom. The van der Waals surface area contributed by atoms with Gasteiger partial charge in [-0.1, -0.05) is 13.0 Å². The number of pyridine rings is 1. The summed E-state index contributed by atoms with van der Waals surface area (Å²) in [6.07, 6.45) is 0.511. The van der Waals surface area contributed by atoms with Crippen LogP contribution in [0.2, 0.25) is 0 Å². The highest BCUT2D eigenvalue weighted by atomic mass is 16.4. The van der Waals surface area contributed by atoms with Crippen LogP contribution in [0.15, 0.2) is 29.1 Å². The molecule has 0 saturated carbocycles. The van der Waals surface area contributed by atoms with Crippen LogP contribution in [0, 0.1) is 0 Å². The monoisotopic (exact) mass is 368 g/mol. The molecular formula is C20H24N4O3. The van der Waals surface area contributed by atoms with E-state index in [0.717, 1.165) is 23.0 Å². The van der Waals surface area contributed by atoms with Crippen LogP contribution in [-0.4, -0.2) is 39.6 Å². The summed E-state index contributed by atoms with van der Waals surface area (Å²) >= 11 is 0. The lowest BCUT2D eigenvalue weighted by Crippen LogP contribution is -2.22. The number of nitrogens with zero attached hydrogens (tertiary/aromatic N) is 2. The van der Waals surface area contributed by atoms with Crippen molar-refractivity contribution in [2.24, 2.45) is 7.05 Å². The highest BCUT2D eigenvalue weighted by Crippen LogP contribution is 2.30. The van der Waals surface area contributed by atoms with E-state index in [0.29, 0.717) is 17.7 Å². The molecule has 4 N–H and O–H groups in total. The Morgan fingerprint density at radius 2 is 2.00 bits per heavy atom. The number of nitrogen functional groups attached to an aromatic ring is 1. The van der Waals surface area contributed by atoms with Crippen molar-refractivity contribution in [3.63, 3.8) is 0 Å². The third-order valence-corrected chi connectivity index (χ3v) is 4.84. The lowest BCUT2D eigenvalue weighted by atomic mass is 9.99. The largest absolute Gasteiger partial charge is 0.477 e. The van der Waals surface area contributed by atoms with Crippen LogP contribution in [0.1, 0.15) is 28.5 Å². The topological polar surface area (TPSA) is 104 Å². The maximum absolute atomic E-state index is 12.3. The Labute approximate surface area is 157 Å². The molecule has 2 aromatic heterocycles. The molecule has 27 heavy (non-hydrogen) atoms. The zero-order chi connectivity index (χ0) is 19.9. The fourth-order valence-electron chi connectivity index (χ4n) is 3.52. The second-order valence-corrected chi connectivity index (χ2v) is 6.96. The van der Waals surface area contributed by atoms with Crippen molar-refractivity contribution in [3.05, 3.63) is 51.4 Å². The lowest BCUT2D eigenvalue weighted by Gasteiger charge is -2.13. The number of hydrogen-bond acceptors (Lipinski definition) is 4. The summed E-state index contributed by atoms with van der Waals surface area (Å²) in [4.78, 5) is 28.4. The Bertz CT molecular complexity index is 1090. The molecule has 142 valence electrons. The Morgan fingerprint density at radius 3 is 2.59 bits per heavy atom. The number of aromatic nitrogens is 2. The van der Waals surface area contributed by atoms with Crippen LogP contribution >= 0.6 is 0 Å². The van der Waals surface area contributed by atoms with E-state index < -0.39 is 17.1 Å². The molecule has 0 saturated heterocycles. The van der Waals surface area contributed by atoms with Gasteiger partial charge in [0.1, 0.15) is 5.56 Å². The fraction of sp³-hybridized carbons (Fsp3) is 0.300. The summed E-state index contributed by atoms with van der Waals surface area (Å²) in [6.45, 7) is 2.70. The van der Waals surface area contributed by atoms with Crippen molar-refractivity contribution in [1.82, 2.24) is 14.5 Å². The van der Waals surface area contributed by atoms with Gasteiger partial charge in [-0.05, 0) is 44.3 Å². The average molecular weight is 368 g/mol. The number of carboxylic acids is 1. The first-order chi connectivity index (χ1) is 12.7. The third kappa shape index (κ3) is 3.21. The van der Waals surface area contributed by atoms with E-state index in [2.05, 4.69) is 20.5 Å². The molecule has 0 aliphatic heterocycles. The van der Waals surface area contributed by atoms with Crippen LogP contribution in [0.4, 0.5) is 5.69 Å². The number of rotatable bonds is 5. The van der Waals surface area contributed by atoms with E-state index >= 15 is 0 Å². The predicted octanol–water partition coefficient (Wildman–Crippen LogP) is 2.44. The number of anilines is 1. The molecule has 0 amide bonds. The van der Waals surface area contributed by atoms with Gasteiger partial charge in [-0.25, -0.2) is 4.79 Å². The second kappa shape index (κ2) is 6.92. The first-order valence-electron chi connectivity index (χ1n) is 8.76. The van der Waals surface area contributed by atoms with Crippen molar-refractivity contribution in [2.45, 2.75) is 19.9 Å². The number of fused-ring (bicyclic) bond motifs is 1. The standard InChI is InChI=1S/C20H24N4O3/c1-5-14-17(21)16(20(26)27)19(25)22-18(14)11-6-7-15-12(8-11)9-13(24(15)4)10-23(2)3/h6-9H,5,10H2,1-4H3,(H,26,27)(H3,21,22,25). The third-order valence-electron chi connectivity index (χ3n) is 4.84. The Hall–Kier alpha value is -3.06. The van der Waals surface area contributed by atoms with Gasteiger partial charge in [0.05, 0.1) is 11.4 Å². The first-order valence-corrected chi connectivity index (χ1v) is 8.76. The molecule has 1 aromatic carbocycles. The molecular weight excluding hydrogens is 344 g/mol. The van der Waals surface area contributed by atoms with Gasteiger partial charge in [-0.2, -0.15) is 0 Å². The molecule has 0 radical (unpaired) electrons. The van der Waals surface area contributed by atoms with Gasteiger partial charge in [0.15, 0.2) is 0 Å². The molecule has 0 unspecified atom stereocenters. The van der Waals surface area contributed by atoms with Crippen LogP contribution in [0.5, 0.6) is 0 Å². The molecule has 7 nitrogen and oxygen atoms in total. The van der Waals surface area contributed by atoms with E-state index in [1.54, 1.807) is 0 Å². The van der Waals surface area contributed by atoms with Crippen LogP contribution < -0.4 is 11.3 Å². The number of carboxylic acid groups (broad SMARTS) is 1. The maximum Gasteiger partial charge on any atom is 0.343 e. The van der Waals surface area contributed by atoms with Crippen molar-refractivity contribution in [1.29, 1.82) is 0 Å². The minimum Gasteiger partial charge on any atom is -0.477 e. The number of nitrogens with two attached hydrogens (primary N) is 1. The van der Waals surface area contributed by atoms with E-state index in [4.69, 9.17) is 5.73 Å². The molecule has 3 aromatic rings. The van der Waals surface area contributed by atoms with E-state index in [1.807, 2.05) is 46.3 Å². The van der Waals surface area contributed by atoms with Gasteiger partial charge >= 0.3 is 5.97 Å². The van der Waals surface area contributed by atoms with E-state index in [-0.39, 0.29) is 5.69 Å². The number of H-pyrrole nitrogens is 1. The molecule has 0 atom stereocenters. The zero-order valence-electron chi connectivity index (χ0n) is 16.0. The average Bonchev–Trinajstić information content (AvgIpc) is 2.88. The first kappa shape index (κ1) is 18.7. The van der Waals surface area contributed by atoms with Crippen LogP contribution in [-0.2, 0) is 20.0 Å². The predicted molar refractivity (Wildman–Crippen MR) is 107 cm³/mol. The summed E-state index contributed by atoms with van der Waals surface area (Å²) < 4.78 is 2.14. The molecule has 0 aliphatic rings. The van der Waals surface area contributed by atoms with E-state index in [9.17, 15) is 14.7 Å². The molecule has 0 aliphatic carbocycles. The number of hydrogen-bond donors (Lipinski definition) is 3. The number of benzene rings is 1. The molecule has 2 heterocycles. The summed E-state index contributed by atoms with van der Waals surface area (Å²) in [6, 6.07) is 8.05. The number of aromatic amines is 1. The normalized spacial score (nSPS) is 11.4. The van der Waals surface area contributed by atoms with Crippen LogP contribution in [0.25, 0.3) is 22.2 Å².